The summed E-state index contributed by atoms with van der Waals surface area (Å²) in [6.45, 7) is 3.94. The highest BCUT2D eigenvalue weighted by Gasteiger charge is 2.31. The first kappa shape index (κ1) is 17.4. The van der Waals surface area contributed by atoms with E-state index in [0.29, 0.717) is 19.3 Å². The van der Waals surface area contributed by atoms with Crippen molar-refractivity contribution in [3.63, 3.8) is 0 Å². The number of esters is 2. The van der Waals surface area contributed by atoms with E-state index in [0.717, 1.165) is 0 Å². The number of hydrogen-bond acceptors (Lipinski definition) is 5. The number of hydrogen-bond donors (Lipinski definition) is 1. The molecule has 5 nitrogen and oxygen atoms in total. The third kappa shape index (κ3) is 6.96. The average Bonchev–Trinajstić information content (AvgIpc) is 2.33. The minimum Gasteiger partial charge on any atom is -0.465 e. The molecule has 6 heteroatoms. The van der Waals surface area contributed by atoms with Gasteiger partial charge in [-0.25, -0.2) is 0 Å². The molecule has 0 aliphatic rings. The van der Waals surface area contributed by atoms with Gasteiger partial charge in [-0.2, -0.15) is 0 Å². The Morgan fingerprint density at radius 1 is 1.17 bits per heavy atom. The molecular weight excluding hydrogens is 304 g/mol. The third-order valence-corrected chi connectivity index (χ3v) is 3.14. The van der Waals surface area contributed by atoms with E-state index in [-0.39, 0.29) is 24.6 Å². The van der Waals surface area contributed by atoms with Gasteiger partial charge in [-0.3, -0.25) is 9.59 Å². The van der Waals surface area contributed by atoms with Crippen molar-refractivity contribution >= 4 is 27.9 Å². The number of ether oxygens (including phenoxy) is 2. The quantitative estimate of drug-likeness (QED) is 0.396. The minimum absolute atomic E-state index is 0.0246. The van der Waals surface area contributed by atoms with Gasteiger partial charge in [0, 0.05) is 11.4 Å². The van der Waals surface area contributed by atoms with Gasteiger partial charge in [-0.1, -0.05) is 15.9 Å². The van der Waals surface area contributed by atoms with Crippen LogP contribution in [0.3, 0.4) is 0 Å². The maximum Gasteiger partial charge on any atom is 0.320 e. The summed E-state index contributed by atoms with van der Waals surface area (Å²) in [5, 5.41) is 8.73. The number of alkyl halides is 1. The van der Waals surface area contributed by atoms with Gasteiger partial charge >= 0.3 is 11.9 Å². The van der Waals surface area contributed by atoms with E-state index in [4.69, 9.17) is 14.6 Å². The molecule has 0 fully saturated rings. The number of carbonyl (C=O) groups excluding carboxylic acids is 2. The summed E-state index contributed by atoms with van der Waals surface area (Å²) in [7, 11) is 0. The Labute approximate surface area is 116 Å². The van der Waals surface area contributed by atoms with Crippen molar-refractivity contribution in [3.05, 3.63) is 0 Å². The van der Waals surface area contributed by atoms with Crippen LogP contribution < -0.4 is 0 Å². The zero-order valence-corrected chi connectivity index (χ0v) is 12.4. The average molecular weight is 325 g/mol. The molecule has 18 heavy (non-hydrogen) atoms. The molecule has 0 spiro atoms. The van der Waals surface area contributed by atoms with Crippen molar-refractivity contribution < 1.29 is 24.2 Å². The second-order valence-electron chi connectivity index (χ2n) is 3.76. The topological polar surface area (TPSA) is 72.8 Å². The van der Waals surface area contributed by atoms with Gasteiger partial charge in [0.1, 0.15) is 0 Å². The number of aliphatic hydroxyl groups excluding tert-OH is 1. The maximum absolute atomic E-state index is 11.7. The predicted molar refractivity (Wildman–Crippen MR) is 70.4 cm³/mol. The lowest BCUT2D eigenvalue weighted by atomic mass is 10.0. The van der Waals surface area contributed by atoms with Crippen LogP contribution in [0.15, 0.2) is 0 Å². The molecule has 0 saturated heterocycles. The number of rotatable bonds is 9. The van der Waals surface area contributed by atoms with Crippen molar-refractivity contribution in [1.29, 1.82) is 0 Å². The second-order valence-corrected chi connectivity index (χ2v) is 5.05. The highest BCUT2D eigenvalue weighted by molar-refractivity contribution is 9.09. The van der Waals surface area contributed by atoms with Crippen LogP contribution in [0.5, 0.6) is 0 Å². The zero-order chi connectivity index (χ0) is 14.0. The van der Waals surface area contributed by atoms with E-state index in [1.54, 1.807) is 13.8 Å². The van der Waals surface area contributed by atoms with E-state index >= 15 is 0 Å². The van der Waals surface area contributed by atoms with Crippen LogP contribution in [0.25, 0.3) is 0 Å². The summed E-state index contributed by atoms with van der Waals surface area (Å²) in [5.74, 6) is -2.00. The normalized spacial score (nSPS) is 12.3. The summed E-state index contributed by atoms with van der Waals surface area (Å²) in [5.41, 5.74) is 0. The molecule has 0 rings (SSSR count). The summed E-state index contributed by atoms with van der Waals surface area (Å²) < 4.78 is 9.73. The highest BCUT2D eigenvalue weighted by Crippen LogP contribution is 2.20. The standard InChI is InChI=1S/C12H21BrO5/c1-3-17-11(15)10(12(16)18-4-2)8-9(13)6-5-7-14/h9-10,14H,3-8H2,1-2H3. The Morgan fingerprint density at radius 2 is 1.67 bits per heavy atom. The molecule has 0 aromatic carbocycles. The maximum atomic E-state index is 11.7. The van der Waals surface area contributed by atoms with Gasteiger partial charge < -0.3 is 14.6 Å². The number of halogens is 1. The monoisotopic (exact) mass is 324 g/mol. The first-order chi connectivity index (χ1) is 8.56. The summed E-state index contributed by atoms with van der Waals surface area (Å²) in [6, 6.07) is 0. The van der Waals surface area contributed by atoms with Crippen LogP contribution in [0.1, 0.15) is 33.1 Å². The van der Waals surface area contributed by atoms with Crippen molar-refractivity contribution in [3.8, 4) is 0 Å². The zero-order valence-electron chi connectivity index (χ0n) is 10.9. The molecule has 0 radical (unpaired) electrons. The molecule has 0 aromatic heterocycles. The van der Waals surface area contributed by atoms with E-state index < -0.39 is 17.9 Å². The lowest BCUT2D eigenvalue weighted by molar-refractivity contribution is -0.161. The molecule has 0 amide bonds. The SMILES string of the molecule is CCOC(=O)C(CC(Br)CCCO)C(=O)OCC. The second kappa shape index (κ2) is 10.3. The fourth-order valence-corrected chi connectivity index (χ4v) is 2.16. The third-order valence-electron chi connectivity index (χ3n) is 2.31. The Bertz CT molecular complexity index is 239. The van der Waals surface area contributed by atoms with Crippen molar-refractivity contribution in [2.24, 2.45) is 5.92 Å². The largest absolute Gasteiger partial charge is 0.465 e. The van der Waals surface area contributed by atoms with Crippen LogP contribution in [-0.4, -0.2) is 41.7 Å². The fourth-order valence-electron chi connectivity index (χ4n) is 1.46. The molecular formula is C12H21BrO5. The lowest BCUT2D eigenvalue weighted by Gasteiger charge is -2.17. The molecule has 0 aliphatic heterocycles. The summed E-state index contributed by atoms with van der Waals surface area (Å²) in [4.78, 5) is 23.3. The van der Waals surface area contributed by atoms with Crippen LogP contribution in [0.2, 0.25) is 0 Å². The van der Waals surface area contributed by atoms with Gasteiger partial charge in [-0.15, -0.1) is 0 Å². The van der Waals surface area contributed by atoms with Gasteiger partial charge in [0.15, 0.2) is 5.92 Å². The smallest absolute Gasteiger partial charge is 0.320 e. The molecule has 1 N–H and O–H groups in total. The van der Waals surface area contributed by atoms with Gasteiger partial charge in [0.25, 0.3) is 0 Å². The first-order valence-corrected chi connectivity index (χ1v) is 7.06. The highest BCUT2D eigenvalue weighted by atomic mass is 79.9. The summed E-state index contributed by atoms with van der Waals surface area (Å²) in [6.07, 6.45) is 1.62. The van der Waals surface area contributed by atoms with Gasteiger partial charge in [0.2, 0.25) is 0 Å². The minimum atomic E-state index is -0.895. The van der Waals surface area contributed by atoms with E-state index in [1.807, 2.05) is 0 Å². The van der Waals surface area contributed by atoms with E-state index in [1.165, 1.54) is 0 Å². The van der Waals surface area contributed by atoms with E-state index in [2.05, 4.69) is 15.9 Å². The van der Waals surface area contributed by atoms with Crippen molar-refractivity contribution in [2.45, 2.75) is 37.9 Å². The van der Waals surface area contributed by atoms with Crippen LogP contribution in [0.4, 0.5) is 0 Å². The summed E-state index contributed by atoms with van der Waals surface area (Å²) >= 11 is 3.39. The van der Waals surface area contributed by atoms with Gasteiger partial charge in [0.05, 0.1) is 13.2 Å². The number of carbonyl (C=O) groups is 2. The Morgan fingerprint density at radius 3 is 2.06 bits per heavy atom. The molecule has 1 unspecified atom stereocenters. The molecule has 0 bridgehead atoms. The van der Waals surface area contributed by atoms with Crippen LogP contribution >= 0.6 is 15.9 Å². The molecule has 0 saturated carbocycles. The Hall–Kier alpha value is -0.620. The Kier molecular flexibility index (Phi) is 9.96. The van der Waals surface area contributed by atoms with Crippen molar-refractivity contribution in [2.75, 3.05) is 19.8 Å². The first-order valence-electron chi connectivity index (χ1n) is 6.14. The number of aliphatic hydroxyl groups is 1. The predicted octanol–water partition coefficient (Wildman–Crippen LogP) is 1.65. The lowest BCUT2D eigenvalue weighted by Crippen LogP contribution is -2.30. The van der Waals surface area contributed by atoms with Crippen LogP contribution in [0, 0.1) is 5.92 Å². The molecule has 1 atom stereocenters. The molecule has 106 valence electrons. The Balaban J connectivity index is 4.45. The fraction of sp³-hybridized carbons (Fsp3) is 0.833. The van der Waals surface area contributed by atoms with Gasteiger partial charge in [-0.05, 0) is 33.1 Å². The molecule has 0 heterocycles. The van der Waals surface area contributed by atoms with E-state index in [9.17, 15) is 9.59 Å². The van der Waals surface area contributed by atoms with Crippen LogP contribution in [-0.2, 0) is 19.1 Å². The van der Waals surface area contributed by atoms with Crippen molar-refractivity contribution in [1.82, 2.24) is 0 Å². The molecule has 0 aliphatic carbocycles. The molecule has 0 aromatic rings.